The smallest absolute Gasteiger partial charge is 0.102 e. The van der Waals surface area contributed by atoms with E-state index in [1.54, 1.807) is 17.1 Å². The summed E-state index contributed by atoms with van der Waals surface area (Å²) in [4.78, 5) is 0. The molecule has 1 aromatic heterocycles. The first kappa shape index (κ1) is 22.5. The summed E-state index contributed by atoms with van der Waals surface area (Å²) in [5.41, 5.74) is 0.0225. The van der Waals surface area contributed by atoms with Gasteiger partial charge in [-0.15, -0.1) is 0 Å². The molecule has 176 valence electrons. The second-order valence-corrected chi connectivity index (χ2v) is 12.5. The van der Waals surface area contributed by atoms with E-state index in [1.807, 2.05) is 6.92 Å². The summed E-state index contributed by atoms with van der Waals surface area (Å²) >= 11 is 0. The first-order chi connectivity index (χ1) is 15.4. The van der Waals surface area contributed by atoms with E-state index in [0.717, 1.165) is 41.9 Å². The average molecular weight is 438 g/mol. The molecule has 5 rings (SSSR count). The second kappa shape index (κ2) is 8.46. The van der Waals surface area contributed by atoms with Gasteiger partial charge in [-0.05, 0) is 105 Å². The summed E-state index contributed by atoms with van der Waals surface area (Å²) < 4.78 is 1.78. The van der Waals surface area contributed by atoms with Gasteiger partial charge in [-0.1, -0.05) is 33.1 Å². The van der Waals surface area contributed by atoms with Gasteiger partial charge in [0.2, 0.25) is 0 Å². The molecule has 0 bridgehead atoms. The number of nitriles is 1. The van der Waals surface area contributed by atoms with Crippen molar-refractivity contribution < 1.29 is 5.11 Å². The lowest BCUT2D eigenvalue weighted by Crippen LogP contribution is -2.52. The highest BCUT2D eigenvalue weighted by Gasteiger charge is 2.60. The third-order valence-corrected chi connectivity index (χ3v) is 10.8. The Kier molecular flexibility index (Phi) is 5.94. The van der Waals surface area contributed by atoms with Gasteiger partial charge in [-0.3, -0.25) is 4.68 Å². The standard InChI is InChI=1S/C28H43N3O/c1-4-5-19-6-8-22-21(14-19)7-9-24-23(22)12-13-27(2)25(24)10-11-26(27)28(3,32)18-31-17-20(15-29)16-30-31/h16-17,19,21-26,32H,4-14,18H2,1-3H3/t19-,21-,22-,23+,24+,25-,26?,27-,28-/m0/s1. The molecule has 9 atom stereocenters. The number of aromatic nitrogens is 2. The molecule has 32 heavy (non-hydrogen) atoms. The van der Waals surface area contributed by atoms with Gasteiger partial charge in [0.25, 0.3) is 0 Å². The third-order valence-electron chi connectivity index (χ3n) is 10.8. The van der Waals surface area contributed by atoms with Crippen LogP contribution in [0.15, 0.2) is 12.4 Å². The molecule has 0 aromatic carbocycles. The molecule has 1 N–H and O–H groups in total. The molecule has 4 aliphatic carbocycles. The van der Waals surface area contributed by atoms with Crippen molar-refractivity contribution in [2.24, 2.45) is 46.8 Å². The molecule has 4 aliphatic rings. The zero-order valence-corrected chi connectivity index (χ0v) is 20.5. The van der Waals surface area contributed by atoms with E-state index in [-0.39, 0.29) is 5.41 Å². The normalized spacial score (nSPS) is 42.9. The van der Waals surface area contributed by atoms with Crippen LogP contribution in [0, 0.1) is 58.2 Å². The molecular formula is C28H43N3O. The lowest BCUT2D eigenvalue weighted by atomic mass is 9.48. The van der Waals surface area contributed by atoms with Gasteiger partial charge in [-0.25, -0.2) is 0 Å². The topological polar surface area (TPSA) is 61.8 Å². The summed E-state index contributed by atoms with van der Waals surface area (Å²) in [6, 6.07) is 2.15. The maximum Gasteiger partial charge on any atom is 0.102 e. The van der Waals surface area contributed by atoms with Crippen LogP contribution in [0.2, 0.25) is 0 Å². The number of hydrogen-bond donors (Lipinski definition) is 1. The molecule has 1 unspecified atom stereocenters. The van der Waals surface area contributed by atoms with Gasteiger partial charge < -0.3 is 5.11 Å². The van der Waals surface area contributed by atoms with Crippen molar-refractivity contribution in [2.45, 2.75) is 104 Å². The molecule has 1 aromatic rings. The van der Waals surface area contributed by atoms with Crippen molar-refractivity contribution in [3.63, 3.8) is 0 Å². The number of nitrogens with zero attached hydrogens (tertiary/aromatic N) is 3. The monoisotopic (exact) mass is 437 g/mol. The van der Waals surface area contributed by atoms with Crippen LogP contribution in [-0.2, 0) is 6.54 Å². The largest absolute Gasteiger partial charge is 0.388 e. The molecule has 0 radical (unpaired) electrons. The van der Waals surface area contributed by atoms with Gasteiger partial charge in [0.05, 0.1) is 23.9 Å². The molecule has 1 heterocycles. The molecule has 4 fully saturated rings. The SMILES string of the molecule is CCC[C@H]1CC[C@H]2[C@@H](CC[C@@H]3[C@@H]2CC[C@]2(C)C([C@@](C)(O)Cn4cc(C#N)cn4)CC[C@@H]32)C1. The molecule has 4 saturated carbocycles. The van der Waals surface area contributed by atoms with Crippen LogP contribution in [0.3, 0.4) is 0 Å². The Balaban J connectivity index is 1.30. The van der Waals surface area contributed by atoms with Gasteiger partial charge >= 0.3 is 0 Å². The van der Waals surface area contributed by atoms with Crippen LogP contribution in [-0.4, -0.2) is 20.5 Å². The van der Waals surface area contributed by atoms with Crippen LogP contribution >= 0.6 is 0 Å². The van der Waals surface area contributed by atoms with E-state index in [9.17, 15) is 5.11 Å². The summed E-state index contributed by atoms with van der Waals surface area (Å²) in [6.07, 6.45) is 18.6. The van der Waals surface area contributed by atoms with Crippen LogP contribution < -0.4 is 0 Å². The Hall–Kier alpha value is -1.34. The molecule has 0 saturated heterocycles. The maximum absolute atomic E-state index is 11.7. The van der Waals surface area contributed by atoms with Crippen LogP contribution in [0.4, 0.5) is 0 Å². The quantitative estimate of drug-likeness (QED) is 0.597. The number of hydrogen-bond acceptors (Lipinski definition) is 3. The van der Waals surface area contributed by atoms with E-state index < -0.39 is 5.60 Å². The van der Waals surface area contributed by atoms with E-state index in [1.165, 1.54) is 64.2 Å². The summed E-state index contributed by atoms with van der Waals surface area (Å²) in [7, 11) is 0. The Morgan fingerprint density at radius 2 is 1.97 bits per heavy atom. The fourth-order valence-electron chi connectivity index (χ4n) is 9.59. The highest BCUT2D eigenvalue weighted by atomic mass is 16.3. The Morgan fingerprint density at radius 3 is 2.72 bits per heavy atom. The van der Waals surface area contributed by atoms with Gasteiger partial charge in [0, 0.05) is 6.20 Å². The lowest BCUT2D eigenvalue weighted by molar-refractivity contribution is -0.115. The average Bonchev–Trinajstić information content (AvgIpc) is 3.37. The molecule has 4 nitrogen and oxygen atoms in total. The summed E-state index contributed by atoms with van der Waals surface area (Å²) in [6.45, 7) is 7.37. The van der Waals surface area contributed by atoms with Crippen molar-refractivity contribution in [1.82, 2.24) is 9.78 Å². The van der Waals surface area contributed by atoms with E-state index in [2.05, 4.69) is 25.0 Å². The second-order valence-electron chi connectivity index (χ2n) is 12.5. The zero-order valence-electron chi connectivity index (χ0n) is 20.5. The Morgan fingerprint density at radius 1 is 1.16 bits per heavy atom. The molecule has 4 heteroatoms. The fraction of sp³-hybridized carbons (Fsp3) is 0.857. The maximum atomic E-state index is 11.7. The highest BCUT2D eigenvalue weighted by Crippen LogP contribution is 2.66. The number of rotatable bonds is 5. The molecule has 0 aliphatic heterocycles. The zero-order chi connectivity index (χ0) is 22.5. The fourth-order valence-corrected chi connectivity index (χ4v) is 9.59. The summed E-state index contributed by atoms with van der Waals surface area (Å²) in [5, 5.41) is 25.1. The predicted molar refractivity (Wildman–Crippen MR) is 127 cm³/mol. The third kappa shape index (κ3) is 3.73. The van der Waals surface area contributed by atoms with Crippen LogP contribution in [0.5, 0.6) is 0 Å². The van der Waals surface area contributed by atoms with E-state index in [0.29, 0.717) is 18.0 Å². The van der Waals surface area contributed by atoms with Crippen molar-refractivity contribution in [2.75, 3.05) is 0 Å². The molecule has 0 spiro atoms. The van der Waals surface area contributed by atoms with Crippen molar-refractivity contribution >= 4 is 0 Å². The van der Waals surface area contributed by atoms with Crippen LogP contribution in [0.25, 0.3) is 0 Å². The Labute approximate surface area is 194 Å². The van der Waals surface area contributed by atoms with Gasteiger partial charge in [-0.2, -0.15) is 10.4 Å². The first-order valence-electron chi connectivity index (χ1n) is 13.5. The van der Waals surface area contributed by atoms with Crippen molar-refractivity contribution in [3.05, 3.63) is 18.0 Å². The van der Waals surface area contributed by atoms with Crippen molar-refractivity contribution in [1.29, 1.82) is 5.26 Å². The summed E-state index contributed by atoms with van der Waals surface area (Å²) in [5.74, 6) is 5.91. The minimum atomic E-state index is -0.787. The van der Waals surface area contributed by atoms with Crippen molar-refractivity contribution in [3.8, 4) is 6.07 Å². The Bertz CT molecular complexity index is 853. The lowest BCUT2D eigenvalue weighted by Gasteiger charge is -2.57. The van der Waals surface area contributed by atoms with E-state index in [4.69, 9.17) is 5.26 Å². The number of fused-ring (bicyclic) bond motifs is 5. The van der Waals surface area contributed by atoms with Gasteiger partial charge in [0.1, 0.15) is 6.07 Å². The minimum Gasteiger partial charge on any atom is -0.388 e. The van der Waals surface area contributed by atoms with Gasteiger partial charge in [0.15, 0.2) is 0 Å². The van der Waals surface area contributed by atoms with Crippen LogP contribution in [0.1, 0.15) is 97.0 Å². The first-order valence-corrected chi connectivity index (χ1v) is 13.5. The number of aliphatic hydroxyl groups is 1. The molecule has 0 amide bonds. The highest BCUT2D eigenvalue weighted by molar-refractivity contribution is 5.21. The molecular weight excluding hydrogens is 394 g/mol. The van der Waals surface area contributed by atoms with E-state index >= 15 is 0 Å². The predicted octanol–water partition coefficient (Wildman–Crippen LogP) is 6.19. The minimum absolute atomic E-state index is 0.238.